The van der Waals surface area contributed by atoms with E-state index in [2.05, 4.69) is 5.32 Å². The van der Waals surface area contributed by atoms with Crippen molar-refractivity contribution < 1.29 is 13.9 Å². The Bertz CT molecular complexity index is 568. The standard InChI is InChI=1S/C16H18ClFN2O2/c1-10-5-6-11(22-10)7-8-15(21)20-14(9-19)16-12(17)3-2-4-13(16)18/h2-4,10-11,14H,5-8H2,1H3,(H,20,21)/t10-,11-,14-/m1/s1. The molecule has 0 spiro atoms. The summed E-state index contributed by atoms with van der Waals surface area (Å²) < 4.78 is 19.4. The molecule has 118 valence electrons. The molecule has 3 atom stereocenters. The van der Waals surface area contributed by atoms with E-state index in [0.29, 0.717) is 6.42 Å². The highest BCUT2D eigenvalue weighted by molar-refractivity contribution is 6.31. The van der Waals surface area contributed by atoms with Crippen molar-refractivity contribution in [3.8, 4) is 6.07 Å². The number of hydrogen-bond donors (Lipinski definition) is 1. The van der Waals surface area contributed by atoms with Crippen LogP contribution in [0.2, 0.25) is 5.02 Å². The van der Waals surface area contributed by atoms with Crippen molar-refractivity contribution in [1.29, 1.82) is 5.26 Å². The van der Waals surface area contributed by atoms with Gasteiger partial charge in [-0.05, 0) is 38.3 Å². The van der Waals surface area contributed by atoms with Gasteiger partial charge in [0.05, 0.1) is 18.3 Å². The molecule has 1 amide bonds. The van der Waals surface area contributed by atoms with Gasteiger partial charge in [0, 0.05) is 17.0 Å². The van der Waals surface area contributed by atoms with Gasteiger partial charge in [-0.3, -0.25) is 4.79 Å². The van der Waals surface area contributed by atoms with Gasteiger partial charge in [0.15, 0.2) is 0 Å². The summed E-state index contributed by atoms with van der Waals surface area (Å²) in [5, 5.41) is 11.8. The number of benzene rings is 1. The molecule has 1 aromatic rings. The number of nitrogens with zero attached hydrogens (tertiary/aromatic N) is 1. The highest BCUT2D eigenvalue weighted by Crippen LogP contribution is 2.26. The van der Waals surface area contributed by atoms with Gasteiger partial charge in [-0.25, -0.2) is 4.39 Å². The number of carbonyl (C=O) groups is 1. The van der Waals surface area contributed by atoms with Crippen molar-refractivity contribution in [1.82, 2.24) is 5.32 Å². The molecule has 0 unspecified atom stereocenters. The summed E-state index contributed by atoms with van der Waals surface area (Å²) in [6.45, 7) is 2.01. The van der Waals surface area contributed by atoms with Crippen LogP contribution in [0.3, 0.4) is 0 Å². The lowest BCUT2D eigenvalue weighted by Gasteiger charge is -2.15. The van der Waals surface area contributed by atoms with E-state index < -0.39 is 11.9 Å². The zero-order chi connectivity index (χ0) is 16.1. The summed E-state index contributed by atoms with van der Waals surface area (Å²) in [5.74, 6) is -0.915. The predicted molar refractivity (Wildman–Crippen MR) is 80.7 cm³/mol. The molecular formula is C16H18ClFN2O2. The van der Waals surface area contributed by atoms with Gasteiger partial charge in [0.1, 0.15) is 11.9 Å². The molecule has 0 bridgehead atoms. The maximum absolute atomic E-state index is 13.8. The Labute approximate surface area is 134 Å². The number of ether oxygens (including phenoxy) is 1. The average molecular weight is 325 g/mol. The molecule has 1 N–H and O–H groups in total. The fourth-order valence-electron chi connectivity index (χ4n) is 2.58. The first-order valence-electron chi connectivity index (χ1n) is 7.29. The third-order valence-electron chi connectivity index (χ3n) is 3.74. The van der Waals surface area contributed by atoms with Crippen LogP contribution in [0.25, 0.3) is 0 Å². The van der Waals surface area contributed by atoms with Crippen LogP contribution >= 0.6 is 11.6 Å². The van der Waals surface area contributed by atoms with Crippen molar-refractivity contribution in [2.45, 2.75) is 50.9 Å². The van der Waals surface area contributed by atoms with Gasteiger partial charge >= 0.3 is 0 Å². The molecule has 1 saturated heterocycles. The molecule has 1 aromatic carbocycles. The van der Waals surface area contributed by atoms with E-state index in [9.17, 15) is 14.4 Å². The highest BCUT2D eigenvalue weighted by atomic mass is 35.5. The second kappa shape index (κ2) is 7.57. The number of nitrogens with one attached hydrogen (secondary N) is 1. The number of amides is 1. The summed E-state index contributed by atoms with van der Waals surface area (Å²) in [4.78, 5) is 12.0. The minimum absolute atomic E-state index is 0.00533. The Kier molecular flexibility index (Phi) is 5.76. The predicted octanol–water partition coefficient (Wildman–Crippen LogP) is 3.51. The number of nitriles is 1. The first-order valence-corrected chi connectivity index (χ1v) is 7.67. The Morgan fingerprint density at radius 3 is 2.95 bits per heavy atom. The lowest BCUT2D eigenvalue weighted by Crippen LogP contribution is -2.29. The molecule has 1 heterocycles. The lowest BCUT2D eigenvalue weighted by molar-refractivity contribution is -0.122. The van der Waals surface area contributed by atoms with Crippen molar-refractivity contribution >= 4 is 17.5 Å². The summed E-state index contributed by atoms with van der Waals surface area (Å²) in [6, 6.07) is 4.94. The number of halogens is 2. The van der Waals surface area contributed by atoms with Crippen molar-refractivity contribution in [3.63, 3.8) is 0 Å². The van der Waals surface area contributed by atoms with Gasteiger partial charge < -0.3 is 10.1 Å². The fraction of sp³-hybridized carbons (Fsp3) is 0.500. The van der Waals surface area contributed by atoms with Crippen molar-refractivity contribution in [3.05, 3.63) is 34.6 Å². The molecule has 4 nitrogen and oxygen atoms in total. The molecule has 0 radical (unpaired) electrons. The van der Waals surface area contributed by atoms with Gasteiger partial charge in [0.25, 0.3) is 0 Å². The maximum Gasteiger partial charge on any atom is 0.221 e. The van der Waals surface area contributed by atoms with Crippen molar-refractivity contribution in [2.75, 3.05) is 0 Å². The molecule has 1 fully saturated rings. The molecule has 6 heteroatoms. The SMILES string of the molecule is C[C@@H]1CC[C@H](CCC(=O)N[C@H](C#N)c2c(F)cccc2Cl)O1. The molecule has 1 aliphatic rings. The number of rotatable bonds is 5. The molecule has 22 heavy (non-hydrogen) atoms. The van der Waals surface area contributed by atoms with E-state index in [1.54, 1.807) is 0 Å². The monoisotopic (exact) mass is 324 g/mol. The van der Waals surface area contributed by atoms with E-state index in [1.807, 2.05) is 13.0 Å². The second-order valence-corrected chi connectivity index (χ2v) is 5.86. The Balaban J connectivity index is 1.93. The Morgan fingerprint density at radius 2 is 2.36 bits per heavy atom. The van der Waals surface area contributed by atoms with Gasteiger partial charge in [-0.2, -0.15) is 5.26 Å². The minimum atomic E-state index is -1.09. The summed E-state index contributed by atoms with van der Waals surface area (Å²) in [6.07, 6.45) is 3.09. The van der Waals surface area contributed by atoms with Crippen LogP contribution in [-0.4, -0.2) is 18.1 Å². The zero-order valence-electron chi connectivity index (χ0n) is 12.3. The normalized spacial score (nSPS) is 22.1. The molecule has 2 rings (SSSR count). The van der Waals surface area contributed by atoms with E-state index in [-0.39, 0.29) is 35.1 Å². The zero-order valence-corrected chi connectivity index (χ0v) is 13.1. The quantitative estimate of drug-likeness (QED) is 0.901. The summed E-state index contributed by atoms with van der Waals surface area (Å²) >= 11 is 5.92. The highest BCUT2D eigenvalue weighted by Gasteiger charge is 2.24. The van der Waals surface area contributed by atoms with Crippen LogP contribution in [0.15, 0.2) is 18.2 Å². The fourth-order valence-corrected chi connectivity index (χ4v) is 2.85. The van der Waals surface area contributed by atoms with Gasteiger partial charge in [0.2, 0.25) is 5.91 Å². The Morgan fingerprint density at radius 1 is 1.59 bits per heavy atom. The third kappa shape index (κ3) is 4.19. The first kappa shape index (κ1) is 16.7. The largest absolute Gasteiger partial charge is 0.375 e. The topological polar surface area (TPSA) is 62.1 Å². The van der Waals surface area contributed by atoms with Crippen molar-refractivity contribution in [2.24, 2.45) is 0 Å². The minimum Gasteiger partial charge on any atom is -0.375 e. The third-order valence-corrected chi connectivity index (χ3v) is 4.07. The summed E-state index contributed by atoms with van der Waals surface area (Å²) in [7, 11) is 0. The first-order chi connectivity index (χ1) is 10.5. The molecule has 0 aliphatic carbocycles. The van der Waals surface area contributed by atoms with Crippen LogP contribution in [0.4, 0.5) is 4.39 Å². The molecule has 1 aliphatic heterocycles. The lowest BCUT2D eigenvalue weighted by atomic mass is 10.1. The second-order valence-electron chi connectivity index (χ2n) is 5.45. The van der Waals surface area contributed by atoms with E-state index >= 15 is 0 Å². The van der Waals surface area contributed by atoms with E-state index in [1.165, 1.54) is 18.2 Å². The number of carbonyl (C=O) groups excluding carboxylic acids is 1. The van der Waals surface area contributed by atoms with Gasteiger partial charge in [-0.1, -0.05) is 17.7 Å². The van der Waals surface area contributed by atoms with Gasteiger partial charge in [-0.15, -0.1) is 0 Å². The Hall–Kier alpha value is -1.64. The maximum atomic E-state index is 13.8. The van der Waals surface area contributed by atoms with Crippen LogP contribution in [0, 0.1) is 17.1 Å². The van der Waals surface area contributed by atoms with Crippen LogP contribution < -0.4 is 5.32 Å². The summed E-state index contributed by atoms with van der Waals surface area (Å²) in [5.41, 5.74) is 0.00533. The van der Waals surface area contributed by atoms with Crippen LogP contribution in [0.5, 0.6) is 0 Å². The smallest absolute Gasteiger partial charge is 0.221 e. The van der Waals surface area contributed by atoms with Crippen LogP contribution in [0.1, 0.15) is 44.2 Å². The molecular weight excluding hydrogens is 307 g/mol. The molecule has 0 aromatic heterocycles. The van der Waals surface area contributed by atoms with E-state index in [0.717, 1.165) is 12.8 Å². The van der Waals surface area contributed by atoms with Crippen LogP contribution in [-0.2, 0) is 9.53 Å². The average Bonchev–Trinajstić information content (AvgIpc) is 2.89. The molecule has 0 saturated carbocycles. The number of hydrogen-bond acceptors (Lipinski definition) is 3. The van der Waals surface area contributed by atoms with E-state index in [4.69, 9.17) is 16.3 Å².